The Morgan fingerprint density at radius 1 is 1.03 bits per heavy atom. The van der Waals surface area contributed by atoms with Crippen LogP contribution >= 0.6 is 0 Å². The molecule has 1 spiro atoms. The third-order valence-corrected chi connectivity index (χ3v) is 6.50. The number of benzene rings is 2. The Hall–Kier alpha value is -3.32. The predicted octanol–water partition coefficient (Wildman–Crippen LogP) is 4.03. The van der Waals surface area contributed by atoms with Gasteiger partial charge in [0.25, 0.3) is 0 Å². The Morgan fingerprint density at radius 2 is 1.84 bits per heavy atom. The molecule has 2 aliphatic rings. The van der Waals surface area contributed by atoms with Gasteiger partial charge < -0.3 is 5.32 Å². The van der Waals surface area contributed by atoms with Crippen LogP contribution in [0.25, 0.3) is 16.6 Å². The fraction of sp³-hybridized carbons (Fsp3) is 0.292. The molecule has 0 unspecified atom stereocenters. The van der Waals surface area contributed by atoms with Gasteiger partial charge in [-0.15, -0.1) is 0 Å². The van der Waals surface area contributed by atoms with E-state index in [0.29, 0.717) is 17.1 Å². The van der Waals surface area contributed by atoms with Crippen LogP contribution in [0.15, 0.2) is 67.3 Å². The number of fused-ring (bicyclic) bond motifs is 1. The van der Waals surface area contributed by atoms with Crippen LogP contribution in [-0.2, 0) is 6.54 Å². The maximum Gasteiger partial charge on any atom is 0.148 e. The minimum absolute atomic E-state index is 0.260. The molecule has 3 heterocycles. The first-order chi connectivity index (χ1) is 15.2. The predicted molar refractivity (Wildman–Crippen MR) is 117 cm³/mol. The molecule has 0 atom stereocenters. The molecular weight excluding hydrogens is 391 g/mol. The summed E-state index contributed by atoms with van der Waals surface area (Å²) in [5.74, 6) is 0.673. The van der Waals surface area contributed by atoms with Crippen molar-refractivity contribution in [3.8, 4) is 5.69 Å². The Balaban J connectivity index is 1.04. The number of hydrogen-bond acceptors (Lipinski definition) is 5. The molecule has 2 aromatic carbocycles. The number of rotatable bonds is 5. The number of nitrogens with one attached hydrogen (secondary N) is 1. The van der Waals surface area contributed by atoms with Crippen molar-refractivity contribution in [3.63, 3.8) is 0 Å². The Bertz CT molecular complexity index is 1230. The quantitative estimate of drug-likeness (QED) is 0.534. The van der Waals surface area contributed by atoms with Gasteiger partial charge in [0.05, 0.1) is 11.7 Å². The number of para-hydroxylation sites is 2. The zero-order valence-electron chi connectivity index (χ0n) is 17.1. The van der Waals surface area contributed by atoms with Gasteiger partial charge in [0, 0.05) is 42.8 Å². The highest BCUT2D eigenvalue weighted by Crippen LogP contribution is 2.49. The lowest BCUT2D eigenvalue weighted by Gasteiger charge is -2.59. The smallest absolute Gasteiger partial charge is 0.148 e. The first-order valence-electron chi connectivity index (χ1n) is 10.6. The van der Waals surface area contributed by atoms with Crippen LogP contribution < -0.4 is 5.32 Å². The summed E-state index contributed by atoms with van der Waals surface area (Å²) >= 11 is 0. The molecule has 2 aromatic heterocycles. The standard InChI is InChI=1S/C24H23FN6/c25-20-6-2-4-8-22(20)31-13-17(11-28-31)12-30-14-24(15-30)9-18(10-24)29-23-19-5-1-3-7-21(19)26-16-27-23/h1-8,11,13,16,18H,9-10,12,14-15H2,(H,26,27,29). The van der Waals surface area contributed by atoms with E-state index in [1.54, 1.807) is 23.1 Å². The van der Waals surface area contributed by atoms with Crippen molar-refractivity contribution in [2.24, 2.45) is 5.41 Å². The summed E-state index contributed by atoms with van der Waals surface area (Å²) < 4.78 is 15.6. The number of anilines is 1. The van der Waals surface area contributed by atoms with Crippen LogP contribution in [0.2, 0.25) is 0 Å². The summed E-state index contributed by atoms with van der Waals surface area (Å²) in [5.41, 5.74) is 2.99. The van der Waals surface area contributed by atoms with Gasteiger partial charge in [-0.1, -0.05) is 24.3 Å². The molecule has 6 rings (SSSR count). The summed E-state index contributed by atoms with van der Waals surface area (Å²) in [6.07, 6.45) is 7.72. The van der Waals surface area contributed by atoms with Crippen molar-refractivity contribution in [1.82, 2.24) is 24.6 Å². The zero-order valence-corrected chi connectivity index (χ0v) is 17.1. The first kappa shape index (κ1) is 18.4. The van der Waals surface area contributed by atoms with E-state index in [9.17, 15) is 4.39 Å². The Labute approximate surface area is 179 Å². The fourth-order valence-electron chi connectivity index (χ4n) is 5.14. The van der Waals surface area contributed by atoms with Crippen LogP contribution in [0.4, 0.5) is 10.2 Å². The molecule has 1 aliphatic carbocycles. The maximum atomic E-state index is 14.0. The van der Waals surface area contributed by atoms with Gasteiger partial charge in [0.15, 0.2) is 0 Å². The maximum absolute atomic E-state index is 14.0. The highest BCUT2D eigenvalue weighted by molar-refractivity contribution is 5.88. The lowest BCUT2D eigenvalue weighted by molar-refractivity contribution is -0.0712. The SMILES string of the molecule is Fc1ccccc1-n1cc(CN2CC3(CC(Nc4ncnc5ccccc45)C3)C2)cn1. The zero-order chi connectivity index (χ0) is 20.8. The number of nitrogens with zero attached hydrogens (tertiary/aromatic N) is 5. The molecule has 1 N–H and O–H groups in total. The molecule has 4 aromatic rings. The third kappa shape index (κ3) is 3.35. The van der Waals surface area contributed by atoms with Crippen LogP contribution in [0.5, 0.6) is 0 Å². The summed E-state index contributed by atoms with van der Waals surface area (Å²) in [4.78, 5) is 11.2. The molecule has 0 amide bonds. The summed E-state index contributed by atoms with van der Waals surface area (Å²) in [5, 5.41) is 9.04. The van der Waals surface area contributed by atoms with Gasteiger partial charge in [0.2, 0.25) is 0 Å². The Kier molecular flexibility index (Phi) is 4.24. The van der Waals surface area contributed by atoms with Crippen LogP contribution in [0.3, 0.4) is 0 Å². The molecule has 0 radical (unpaired) electrons. The monoisotopic (exact) mass is 414 g/mol. The molecule has 2 fully saturated rings. The topological polar surface area (TPSA) is 58.9 Å². The fourth-order valence-corrected chi connectivity index (χ4v) is 5.14. The van der Waals surface area contributed by atoms with Crippen molar-refractivity contribution >= 4 is 16.7 Å². The van der Waals surface area contributed by atoms with E-state index in [-0.39, 0.29) is 5.82 Å². The second kappa shape index (κ2) is 7.13. The summed E-state index contributed by atoms with van der Waals surface area (Å²) in [7, 11) is 0. The first-order valence-corrected chi connectivity index (χ1v) is 10.6. The van der Waals surface area contributed by atoms with Gasteiger partial charge >= 0.3 is 0 Å². The normalized spacial score (nSPS) is 18.1. The van der Waals surface area contributed by atoms with Crippen molar-refractivity contribution in [2.45, 2.75) is 25.4 Å². The highest BCUT2D eigenvalue weighted by Gasteiger charge is 2.52. The second-order valence-corrected chi connectivity index (χ2v) is 8.88. The lowest BCUT2D eigenvalue weighted by Crippen LogP contribution is -2.64. The van der Waals surface area contributed by atoms with E-state index in [4.69, 9.17) is 0 Å². The molecule has 1 saturated carbocycles. The number of halogens is 1. The van der Waals surface area contributed by atoms with Gasteiger partial charge in [0.1, 0.15) is 23.6 Å². The number of likely N-dealkylation sites (tertiary alicyclic amines) is 1. The van der Waals surface area contributed by atoms with Gasteiger partial charge in [-0.2, -0.15) is 5.10 Å². The average Bonchev–Trinajstić information content (AvgIpc) is 3.19. The number of hydrogen-bond donors (Lipinski definition) is 1. The lowest BCUT2D eigenvalue weighted by atomic mass is 9.60. The van der Waals surface area contributed by atoms with Crippen LogP contribution in [-0.4, -0.2) is 43.8 Å². The van der Waals surface area contributed by atoms with E-state index in [1.165, 1.54) is 6.07 Å². The summed E-state index contributed by atoms with van der Waals surface area (Å²) in [6, 6.07) is 15.3. The van der Waals surface area contributed by atoms with E-state index < -0.39 is 0 Å². The highest BCUT2D eigenvalue weighted by atomic mass is 19.1. The van der Waals surface area contributed by atoms with Gasteiger partial charge in [-0.05, 0) is 42.5 Å². The Morgan fingerprint density at radius 3 is 2.71 bits per heavy atom. The largest absolute Gasteiger partial charge is 0.367 e. The molecule has 1 saturated heterocycles. The molecular formula is C24H23FN6. The average molecular weight is 414 g/mol. The summed E-state index contributed by atoms with van der Waals surface area (Å²) in [6.45, 7) is 3.05. The number of aromatic nitrogens is 4. The van der Waals surface area contributed by atoms with Crippen LogP contribution in [0.1, 0.15) is 18.4 Å². The molecule has 156 valence electrons. The second-order valence-electron chi connectivity index (χ2n) is 8.88. The van der Waals surface area contributed by atoms with Crippen molar-refractivity contribution in [3.05, 3.63) is 78.6 Å². The van der Waals surface area contributed by atoms with E-state index >= 15 is 0 Å². The molecule has 6 nitrogen and oxygen atoms in total. The van der Waals surface area contributed by atoms with E-state index in [0.717, 1.165) is 54.8 Å². The minimum atomic E-state index is -0.260. The molecule has 0 bridgehead atoms. The van der Waals surface area contributed by atoms with E-state index in [2.05, 4.69) is 31.3 Å². The van der Waals surface area contributed by atoms with Crippen LogP contribution in [0, 0.1) is 11.2 Å². The van der Waals surface area contributed by atoms with Crippen molar-refractivity contribution in [1.29, 1.82) is 0 Å². The molecule has 1 aliphatic heterocycles. The minimum Gasteiger partial charge on any atom is -0.367 e. The van der Waals surface area contributed by atoms with Gasteiger partial charge in [-0.25, -0.2) is 19.0 Å². The van der Waals surface area contributed by atoms with Crippen molar-refractivity contribution in [2.75, 3.05) is 18.4 Å². The van der Waals surface area contributed by atoms with Crippen molar-refractivity contribution < 1.29 is 4.39 Å². The van der Waals surface area contributed by atoms with E-state index in [1.807, 2.05) is 36.7 Å². The molecule has 31 heavy (non-hydrogen) atoms. The van der Waals surface area contributed by atoms with Gasteiger partial charge in [-0.3, -0.25) is 4.90 Å². The third-order valence-electron chi connectivity index (χ3n) is 6.50. The molecule has 7 heteroatoms.